The lowest BCUT2D eigenvalue weighted by atomic mass is 10.3. The number of hydrogen-bond acceptors (Lipinski definition) is 3. The minimum Gasteiger partial charge on any atom is -0.383 e. The van der Waals surface area contributed by atoms with Gasteiger partial charge in [0.25, 0.3) is 0 Å². The lowest BCUT2D eigenvalue weighted by molar-refractivity contribution is 0.104. The molecule has 0 bridgehead atoms. The molecular formula is C11H17N3O. The van der Waals surface area contributed by atoms with Crippen LogP contribution < -0.4 is 0 Å². The van der Waals surface area contributed by atoms with Crippen molar-refractivity contribution in [3.8, 4) is 0 Å². The van der Waals surface area contributed by atoms with Gasteiger partial charge in [-0.2, -0.15) is 0 Å². The number of nitrogens with zero attached hydrogens (tertiary/aromatic N) is 3. The van der Waals surface area contributed by atoms with Gasteiger partial charge >= 0.3 is 0 Å². The third kappa shape index (κ3) is 3.23. The highest BCUT2D eigenvalue weighted by Gasteiger charge is 2.07. The maximum atomic E-state index is 11.6. The van der Waals surface area contributed by atoms with E-state index in [0.717, 1.165) is 0 Å². The third-order valence-corrected chi connectivity index (χ3v) is 1.97. The normalized spacial score (nSPS) is 11.3. The van der Waals surface area contributed by atoms with Crippen molar-refractivity contribution in [3.63, 3.8) is 0 Å². The maximum Gasteiger partial charge on any atom is 0.207 e. The number of carbonyl (C=O) groups is 1. The molecule has 0 aromatic carbocycles. The van der Waals surface area contributed by atoms with E-state index in [1.165, 1.54) is 6.08 Å². The summed E-state index contributed by atoms with van der Waals surface area (Å²) in [5, 5.41) is 0. The van der Waals surface area contributed by atoms with Crippen molar-refractivity contribution in [2.24, 2.45) is 0 Å². The van der Waals surface area contributed by atoms with Gasteiger partial charge in [0.05, 0.1) is 6.33 Å². The van der Waals surface area contributed by atoms with Gasteiger partial charge in [-0.1, -0.05) is 0 Å². The maximum absolute atomic E-state index is 11.6. The lowest BCUT2D eigenvalue weighted by Crippen LogP contribution is -2.03. The summed E-state index contributed by atoms with van der Waals surface area (Å²) in [5.74, 6) is -0.0666. The second-order valence-electron chi connectivity index (χ2n) is 3.94. The molecule has 1 heterocycles. The zero-order chi connectivity index (χ0) is 11.4. The van der Waals surface area contributed by atoms with Gasteiger partial charge in [0, 0.05) is 38.6 Å². The van der Waals surface area contributed by atoms with E-state index < -0.39 is 0 Å². The molecule has 0 aliphatic rings. The van der Waals surface area contributed by atoms with Crippen LogP contribution in [0.5, 0.6) is 0 Å². The van der Waals surface area contributed by atoms with Crippen molar-refractivity contribution in [3.05, 3.63) is 30.5 Å². The van der Waals surface area contributed by atoms with E-state index in [4.69, 9.17) is 0 Å². The van der Waals surface area contributed by atoms with Crippen LogP contribution in [-0.4, -0.2) is 34.3 Å². The quantitative estimate of drug-likeness (QED) is 0.557. The molecule has 1 rings (SSSR count). The average Bonchev–Trinajstić information content (AvgIpc) is 2.62. The van der Waals surface area contributed by atoms with Crippen molar-refractivity contribution >= 4 is 5.78 Å². The van der Waals surface area contributed by atoms with E-state index in [2.05, 4.69) is 4.98 Å². The second kappa shape index (κ2) is 4.77. The van der Waals surface area contributed by atoms with Gasteiger partial charge in [-0.05, 0) is 13.8 Å². The van der Waals surface area contributed by atoms with Gasteiger partial charge < -0.3 is 9.47 Å². The number of ketones is 1. The number of allylic oxidation sites excluding steroid dienone is 1. The second-order valence-corrected chi connectivity index (χ2v) is 3.94. The molecule has 0 spiro atoms. The minimum atomic E-state index is -0.0666. The van der Waals surface area contributed by atoms with E-state index in [9.17, 15) is 4.79 Å². The zero-order valence-corrected chi connectivity index (χ0v) is 9.64. The highest BCUT2D eigenvalue weighted by atomic mass is 16.1. The van der Waals surface area contributed by atoms with Gasteiger partial charge in [-0.25, -0.2) is 4.98 Å². The van der Waals surface area contributed by atoms with Gasteiger partial charge in [0.15, 0.2) is 0 Å². The number of rotatable bonds is 4. The first-order valence-electron chi connectivity index (χ1n) is 4.93. The Morgan fingerprint density at radius 3 is 2.67 bits per heavy atom. The molecule has 0 unspecified atom stereocenters. The zero-order valence-electron chi connectivity index (χ0n) is 9.64. The minimum absolute atomic E-state index is 0.0666. The van der Waals surface area contributed by atoms with E-state index in [1.54, 1.807) is 18.7 Å². The van der Waals surface area contributed by atoms with Crippen molar-refractivity contribution in [2.75, 3.05) is 14.1 Å². The van der Waals surface area contributed by atoms with Gasteiger partial charge in [0.1, 0.15) is 5.69 Å². The van der Waals surface area contributed by atoms with E-state index in [-0.39, 0.29) is 5.78 Å². The van der Waals surface area contributed by atoms with Crippen LogP contribution in [0.4, 0.5) is 0 Å². The summed E-state index contributed by atoms with van der Waals surface area (Å²) in [6.45, 7) is 4.09. The SMILES string of the molecule is CC(C)n1cnc(C(=O)/C=C/N(C)C)c1. The number of carbonyl (C=O) groups excluding carboxylic acids is 1. The average molecular weight is 207 g/mol. The van der Waals surface area contributed by atoms with Crippen LogP contribution in [0.1, 0.15) is 30.4 Å². The molecule has 0 amide bonds. The number of aromatic nitrogens is 2. The Hall–Kier alpha value is -1.58. The van der Waals surface area contributed by atoms with Crippen LogP contribution in [0.15, 0.2) is 24.8 Å². The summed E-state index contributed by atoms with van der Waals surface area (Å²) in [5.41, 5.74) is 0.488. The highest BCUT2D eigenvalue weighted by molar-refractivity contribution is 6.02. The Morgan fingerprint density at radius 1 is 1.53 bits per heavy atom. The molecule has 0 atom stereocenters. The van der Waals surface area contributed by atoms with Crippen LogP contribution in [0.3, 0.4) is 0 Å². The van der Waals surface area contributed by atoms with E-state index in [0.29, 0.717) is 11.7 Å². The molecular weight excluding hydrogens is 190 g/mol. The number of hydrogen-bond donors (Lipinski definition) is 0. The molecule has 4 nitrogen and oxygen atoms in total. The molecule has 0 radical (unpaired) electrons. The molecule has 0 aliphatic carbocycles. The summed E-state index contributed by atoms with van der Waals surface area (Å²) in [6.07, 6.45) is 6.69. The molecule has 4 heteroatoms. The van der Waals surface area contributed by atoms with Crippen LogP contribution in [0.2, 0.25) is 0 Å². The first kappa shape index (κ1) is 11.5. The van der Waals surface area contributed by atoms with Crippen molar-refractivity contribution in [1.29, 1.82) is 0 Å². The first-order valence-corrected chi connectivity index (χ1v) is 4.93. The predicted octanol–water partition coefficient (Wildman–Crippen LogP) is 1.72. The fraction of sp³-hybridized carbons (Fsp3) is 0.455. The third-order valence-electron chi connectivity index (χ3n) is 1.97. The van der Waals surface area contributed by atoms with E-state index in [1.807, 2.05) is 37.4 Å². The lowest BCUT2D eigenvalue weighted by Gasteiger charge is -2.03. The van der Waals surface area contributed by atoms with Crippen molar-refractivity contribution in [2.45, 2.75) is 19.9 Å². The molecule has 0 saturated heterocycles. The smallest absolute Gasteiger partial charge is 0.207 e. The van der Waals surface area contributed by atoms with Crippen molar-refractivity contribution < 1.29 is 4.79 Å². The molecule has 1 aromatic rings. The monoisotopic (exact) mass is 207 g/mol. The van der Waals surface area contributed by atoms with Crippen LogP contribution in [0, 0.1) is 0 Å². The van der Waals surface area contributed by atoms with Crippen LogP contribution in [-0.2, 0) is 0 Å². The summed E-state index contributed by atoms with van der Waals surface area (Å²) in [6, 6.07) is 0.330. The summed E-state index contributed by atoms with van der Waals surface area (Å²) in [7, 11) is 3.74. The fourth-order valence-electron chi connectivity index (χ4n) is 1.05. The molecule has 0 fully saturated rings. The Bertz CT molecular complexity index is 364. The molecule has 15 heavy (non-hydrogen) atoms. The summed E-state index contributed by atoms with van der Waals surface area (Å²) < 4.78 is 1.91. The van der Waals surface area contributed by atoms with Gasteiger partial charge in [-0.3, -0.25) is 4.79 Å². The van der Waals surface area contributed by atoms with Crippen LogP contribution >= 0.6 is 0 Å². The molecule has 0 saturated carbocycles. The summed E-state index contributed by atoms with van der Waals surface area (Å²) in [4.78, 5) is 17.5. The molecule has 1 aromatic heterocycles. The standard InChI is InChI=1S/C11H17N3O/c1-9(2)14-7-10(12-8-14)11(15)5-6-13(3)4/h5-9H,1-4H3/b6-5+. The van der Waals surface area contributed by atoms with Gasteiger partial charge in [-0.15, -0.1) is 0 Å². The Kier molecular flexibility index (Phi) is 3.66. The molecule has 82 valence electrons. The van der Waals surface area contributed by atoms with Gasteiger partial charge in [0.2, 0.25) is 5.78 Å². The largest absolute Gasteiger partial charge is 0.383 e. The predicted molar refractivity (Wildman–Crippen MR) is 59.8 cm³/mol. The molecule has 0 N–H and O–H groups in total. The summed E-state index contributed by atoms with van der Waals surface area (Å²) >= 11 is 0. The Balaban J connectivity index is 2.75. The van der Waals surface area contributed by atoms with Crippen LogP contribution in [0.25, 0.3) is 0 Å². The molecule has 0 aliphatic heterocycles. The Morgan fingerprint density at radius 2 is 2.20 bits per heavy atom. The van der Waals surface area contributed by atoms with E-state index >= 15 is 0 Å². The first-order chi connectivity index (χ1) is 7.00. The fourth-order valence-corrected chi connectivity index (χ4v) is 1.05. The topological polar surface area (TPSA) is 38.1 Å². The number of imidazole rings is 1. The Labute approximate surface area is 90.2 Å². The highest BCUT2D eigenvalue weighted by Crippen LogP contribution is 2.06. The van der Waals surface area contributed by atoms with Crippen molar-refractivity contribution in [1.82, 2.24) is 14.5 Å².